The maximum absolute atomic E-state index is 12.9. The van der Waals surface area contributed by atoms with E-state index in [1.807, 2.05) is 11.8 Å². The summed E-state index contributed by atoms with van der Waals surface area (Å²) in [7, 11) is 0. The minimum absolute atomic E-state index is 0.156. The number of aryl methyl sites for hydroxylation is 1. The fourth-order valence-electron chi connectivity index (χ4n) is 3.00. The van der Waals surface area contributed by atoms with Gasteiger partial charge in [0.05, 0.1) is 14.5 Å². The highest BCUT2D eigenvalue weighted by Gasteiger charge is 2.25. The van der Waals surface area contributed by atoms with Crippen LogP contribution in [0.25, 0.3) is 0 Å². The number of hydrogen-bond donors (Lipinski definition) is 0. The smallest absolute Gasteiger partial charge is 0.265 e. The number of rotatable bonds is 5. The summed E-state index contributed by atoms with van der Waals surface area (Å²) in [5, 5.41) is 1.08. The molecule has 2 aromatic rings. The molecule has 7 heteroatoms. The molecule has 1 amide bonds. The van der Waals surface area contributed by atoms with E-state index < -0.39 is 0 Å². The Balaban J connectivity index is 1.57. The van der Waals surface area contributed by atoms with Gasteiger partial charge in [-0.05, 0) is 40.9 Å². The van der Waals surface area contributed by atoms with Gasteiger partial charge in [0.2, 0.25) is 0 Å². The summed E-state index contributed by atoms with van der Waals surface area (Å²) in [6.07, 6.45) is 0.947. The summed E-state index contributed by atoms with van der Waals surface area (Å²) in [6, 6.07) is 4.27. The zero-order valence-electron chi connectivity index (χ0n) is 14.9. The molecule has 4 nitrogen and oxygen atoms in total. The van der Waals surface area contributed by atoms with Gasteiger partial charge in [-0.1, -0.05) is 13.8 Å². The van der Waals surface area contributed by atoms with Crippen molar-refractivity contribution in [2.24, 2.45) is 5.92 Å². The van der Waals surface area contributed by atoms with E-state index in [2.05, 4.69) is 51.8 Å². The van der Waals surface area contributed by atoms with Gasteiger partial charge in [-0.2, -0.15) is 0 Å². The van der Waals surface area contributed by atoms with Crippen LogP contribution >= 0.6 is 38.6 Å². The van der Waals surface area contributed by atoms with E-state index >= 15 is 0 Å². The molecule has 136 valence electrons. The van der Waals surface area contributed by atoms with Crippen LogP contribution in [-0.4, -0.2) is 46.9 Å². The average molecular weight is 442 g/mol. The lowest BCUT2D eigenvalue weighted by Gasteiger charge is -2.34. The van der Waals surface area contributed by atoms with Crippen LogP contribution in [0, 0.1) is 12.8 Å². The van der Waals surface area contributed by atoms with Crippen molar-refractivity contribution in [1.82, 2.24) is 14.8 Å². The molecule has 0 aliphatic carbocycles. The second-order valence-corrected chi connectivity index (χ2v) is 10.5. The second-order valence-electron chi connectivity index (χ2n) is 6.89. The minimum atomic E-state index is 0.156. The standard InChI is InChI=1S/C18H24BrN3OS2/c1-12(2)10-16-20-13(3)17(25-16)18(23)22-8-6-21(7-9-22)11-14-4-5-15(19)24-14/h4-5,12H,6-11H2,1-3H3. The maximum Gasteiger partial charge on any atom is 0.265 e. The molecule has 1 aliphatic heterocycles. The second kappa shape index (κ2) is 8.29. The van der Waals surface area contributed by atoms with E-state index in [9.17, 15) is 4.79 Å². The van der Waals surface area contributed by atoms with Crippen LogP contribution in [0.15, 0.2) is 15.9 Å². The van der Waals surface area contributed by atoms with Gasteiger partial charge >= 0.3 is 0 Å². The number of piperazine rings is 1. The van der Waals surface area contributed by atoms with Crippen molar-refractivity contribution < 1.29 is 4.79 Å². The Kier molecular flexibility index (Phi) is 6.30. The van der Waals surface area contributed by atoms with E-state index in [-0.39, 0.29) is 5.91 Å². The Morgan fingerprint density at radius 1 is 1.24 bits per heavy atom. The lowest BCUT2D eigenvalue weighted by molar-refractivity contribution is 0.0633. The minimum Gasteiger partial charge on any atom is -0.335 e. The van der Waals surface area contributed by atoms with Crippen LogP contribution in [0.5, 0.6) is 0 Å². The van der Waals surface area contributed by atoms with Crippen LogP contribution in [0.3, 0.4) is 0 Å². The summed E-state index contributed by atoms with van der Waals surface area (Å²) in [5.74, 6) is 0.720. The van der Waals surface area contributed by atoms with Gasteiger partial charge in [-0.15, -0.1) is 22.7 Å². The zero-order chi connectivity index (χ0) is 18.0. The van der Waals surface area contributed by atoms with Crippen molar-refractivity contribution in [2.45, 2.75) is 33.7 Å². The SMILES string of the molecule is Cc1nc(CC(C)C)sc1C(=O)N1CCN(Cc2ccc(Br)s2)CC1. The Bertz CT molecular complexity index is 733. The van der Waals surface area contributed by atoms with Crippen LogP contribution < -0.4 is 0 Å². The predicted molar refractivity (Wildman–Crippen MR) is 109 cm³/mol. The van der Waals surface area contributed by atoms with Gasteiger partial charge in [-0.25, -0.2) is 4.98 Å². The predicted octanol–water partition coefficient (Wildman–Crippen LogP) is 4.43. The van der Waals surface area contributed by atoms with Gasteiger partial charge in [0, 0.05) is 44.0 Å². The van der Waals surface area contributed by atoms with Crippen molar-refractivity contribution >= 4 is 44.5 Å². The molecule has 25 heavy (non-hydrogen) atoms. The monoisotopic (exact) mass is 441 g/mol. The molecule has 2 aromatic heterocycles. The number of amides is 1. The first kappa shape index (κ1) is 19.0. The topological polar surface area (TPSA) is 36.4 Å². The van der Waals surface area contributed by atoms with Crippen LogP contribution in [0.2, 0.25) is 0 Å². The quantitative estimate of drug-likeness (QED) is 0.688. The summed E-state index contributed by atoms with van der Waals surface area (Å²) in [5.41, 5.74) is 0.886. The third kappa shape index (κ3) is 4.90. The van der Waals surface area contributed by atoms with Crippen molar-refractivity contribution in [3.8, 4) is 0 Å². The average Bonchev–Trinajstić information content (AvgIpc) is 3.12. The van der Waals surface area contributed by atoms with Crippen molar-refractivity contribution in [3.05, 3.63) is 36.4 Å². The van der Waals surface area contributed by atoms with Gasteiger partial charge in [0.25, 0.3) is 5.91 Å². The van der Waals surface area contributed by atoms with Gasteiger partial charge in [0.1, 0.15) is 4.88 Å². The summed E-state index contributed by atoms with van der Waals surface area (Å²) in [6.45, 7) is 10.7. The number of thiophene rings is 1. The first-order valence-electron chi connectivity index (χ1n) is 8.64. The molecular weight excluding hydrogens is 418 g/mol. The largest absolute Gasteiger partial charge is 0.335 e. The van der Waals surface area contributed by atoms with Gasteiger partial charge < -0.3 is 4.90 Å². The highest BCUT2D eigenvalue weighted by atomic mass is 79.9. The molecule has 3 rings (SSSR count). The molecule has 0 N–H and O–H groups in total. The lowest BCUT2D eigenvalue weighted by atomic mass is 10.1. The zero-order valence-corrected chi connectivity index (χ0v) is 18.1. The van der Waals surface area contributed by atoms with Crippen molar-refractivity contribution in [1.29, 1.82) is 0 Å². The fraction of sp³-hybridized carbons (Fsp3) is 0.556. The van der Waals surface area contributed by atoms with Crippen molar-refractivity contribution in [3.63, 3.8) is 0 Å². The molecule has 0 spiro atoms. The summed E-state index contributed by atoms with van der Waals surface area (Å²) in [4.78, 5) is 24.1. The van der Waals surface area contributed by atoms with E-state index in [1.54, 1.807) is 22.7 Å². The number of carbonyl (C=O) groups is 1. The van der Waals surface area contributed by atoms with Crippen molar-refractivity contribution in [2.75, 3.05) is 26.2 Å². The Labute approximate surface area is 166 Å². The first-order chi connectivity index (χ1) is 11.9. The molecule has 3 heterocycles. The Morgan fingerprint density at radius 2 is 1.96 bits per heavy atom. The molecule has 0 atom stereocenters. The molecule has 1 aliphatic rings. The number of aromatic nitrogens is 1. The molecule has 1 saturated heterocycles. The normalized spacial score (nSPS) is 16.0. The third-order valence-electron chi connectivity index (χ3n) is 4.29. The molecule has 0 bridgehead atoms. The number of hydrogen-bond acceptors (Lipinski definition) is 5. The molecular formula is C18H24BrN3OS2. The molecule has 0 radical (unpaired) electrons. The van der Waals surface area contributed by atoms with Crippen LogP contribution in [-0.2, 0) is 13.0 Å². The number of halogens is 1. The van der Waals surface area contributed by atoms with E-state index in [4.69, 9.17) is 0 Å². The van der Waals surface area contributed by atoms with E-state index in [0.29, 0.717) is 5.92 Å². The molecule has 0 saturated carbocycles. The number of carbonyl (C=O) groups excluding carboxylic acids is 1. The highest BCUT2D eigenvalue weighted by molar-refractivity contribution is 9.11. The summed E-state index contributed by atoms with van der Waals surface area (Å²) >= 11 is 6.88. The van der Waals surface area contributed by atoms with Gasteiger partial charge in [-0.3, -0.25) is 9.69 Å². The maximum atomic E-state index is 12.9. The lowest BCUT2D eigenvalue weighted by Crippen LogP contribution is -2.48. The van der Waals surface area contributed by atoms with E-state index in [0.717, 1.165) is 54.7 Å². The fourth-order valence-corrected chi connectivity index (χ4v) is 5.77. The number of thiazole rings is 1. The highest BCUT2D eigenvalue weighted by Crippen LogP contribution is 2.25. The van der Waals surface area contributed by atoms with Gasteiger partial charge in [0.15, 0.2) is 0 Å². The molecule has 0 unspecified atom stereocenters. The number of nitrogens with zero attached hydrogens (tertiary/aromatic N) is 3. The first-order valence-corrected chi connectivity index (χ1v) is 11.1. The third-order valence-corrected chi connectivity index (χ3v) is 7.06. The Hall–Kier alpha value is -0.760. The van der Waals surface area contributed by atoms with Crippen LogP contribution in [0.4, 0.5) is 0 Å². The molecule has 0 aromatic carbocycles. The van der Waals surface area contributed by atoms with Crippen LogP contribution in [0.1, 0.15) is 39.1 Å². The van der Waals surface area contributed by atoms with E-state index in [1.165, 1.54) is 8.66 Å². The Morgan fingerprint density at radius 3 is 2.56 bits per heavy atom. The molecule has 1 fully saturated rings. The summed E-state index contributed by atoms with van der Waals surface area (Å²) < 4.78 is 1.18.